The van der Waals surface area contributed by atoms with Crippen LogP contribution in [0.5, 0.6) is 0 Å². The van der Waals surface area contributed by atoms with Crippen molar-refractivity contribution in [2.45, 2.75) is 38.6 Å². The van der Waals surface area contributed by atoms with Gasteiger partial charge in [0.15, 0.2) is 0 Å². The second kappa shape index (κ2) is 7.76. The van der Waals surface area contributed by atoms with Crippen molar-refractivity contribution in [3.8, 4) is 0 Å². The van der Waals surface area contributed by atoms with Gasteiger partial charge in [-0.05, 0) is 56.0 Å². The molecular formula is C20H23BrN2O3. The van der Waals surface area contributed by atoms with E-state index in [1.54, 1.807) is 0 Å². The highest BCUT2D eigenvalue weighted by Gasteiger charge is 2.41. The van der Waals surface area contributed by atoms with Gasteiger partial charge in [0.1, 0.15) is 0 Å². The summed E-state index contributed by atoms with van der Waals surface area (Å²) in [6.07, 6.45) is 1.26. The molecule has 1 aromatic carbocycles. The lowest BCUT2D eigenvalue weighted by Crippen LogP contribution is -2.48. The molecular weight excluding hydrogens is 396 g/mol. The highest BCUT2D eigenvalue weighted by molar-refractivity contribution is 9.10. The number of rotatable bonds is 4. The van der Waals surface area contributed by atoms with E-state index in [4.69, 9.17) is 4.74 Å². The second-order valence-electron chi connectivity index (χ2n) is 6.83. The van der Waals surface area contributed by atoms with E-state index in [9.17, 15) is 9.59 Å². The lowest BCUT2D eigenvalue weighted by molar-refractivity contribution is -0.130. The Morgan fingerprint density at radius 1 is 1.23 bits per heavy atom. The van der Waals surface area contributed by atoms with E-state index in [1.165, 1.54) is 0 Å². The van der Waals surface area contributed by atoms with Crippen LogP contribution >= 0.6 is 15.9 Å². The van der Waals surface area contributed by atoms with Crippen LogP contribution in [0.4, 0.5) is 0 Å². The summed E-state index contributed by atoms with van der Waals surface area (Å²) >= 11 is 3.44. The smallest absolute Gasteiger partial charge is 0.253 e. The normalized spacial score (nSPS) is 16.3. The standard InChI is InChI=1S/C20H23BrN2O3/c1-13-11-14(2)23-18(24)17(13)12-22-19(25)20(7-9-26-10-8-20)15-3-5-16(21)6-4-15/h3-6,11H,7-10,12H2,1-2H3,(H,22,25)(H,23,24). The Balaban J connectivity index is 1.85. The van der Waals surface area contributed by atoms with Crippen molar-refractivity contribution in [1.29, 1.82) is 0 Å². The average molecular weight is 419 g/mol. The molecule has 0 bridgehead atoms. The SMILES string of the molecule is Cc1cc(C)c(CNC(=O)C2(c3ccc(Br)cc3)CCOCC2)c(=O)[nH]1. The summed E-state index contributed by atoms with van der Waals surface area (Å²) in [6.45, 7) is 5.06. The Morgan fingerprint density at radius 2 is 1.88 bits per heavy atom. The molecule has 6 heteroatoms. The molecule has 138 valence electrons. The number of ether oxygens (including phenoxy) is 1. The number of aromatic amines is 1. The molecule has 0 unspecified atom stereocenters. The fraction of sp³-hybridized carbons (Fsp3) is 0.400. The van der Waals surface area contributed by atoms with Crippen LogP contribution in [0.15, 0.2) is 39.6 Å². The fourth-order valence-electron chi connectivity index (χ4n) is 3.57. The predicted octanol–water partition coefficient (Wildman–Crippen LogP) is 3.12. The molecule has 0 saturated carbocycles. The van der Waals surface area contributed by atoms with Gasteiger partial charge in [-0.25, -0.2) is 0 Å². The third kappa shape index (κ3) is 3.76. The number of aromatic nitrogens is 1. The number of halogens is 1. The first-order chi connectivity index (χ1) is 12.4. The van der Waals surface area contributed by atoms with Crippen molar-refractivity contribution in [3.05, 3.63) is 67.5 Å². The maximum Gasteiger partial charge on any atom is 0.253 e. The Morgan fingerprint density at radius 3 is 2.50 bits per heavy atom. The van der Waals surface area contributed by atoms with Crippen molar-refractivity contribution in [1.82, 2.24) is 10.3 Å². The largest absolute Gasteiger partial charge is 0.381 e. The number of hydrogen-bond donors (Lipinski definition) is 2. The van der Waals surface area contributed by atoms with Gasteiger partial charge in [-0.1, -0.05) is 28.1 Å². The highest BCUT2D eigenvalue weighted by atomic mass is 79.9. The molecule has 0 radical (unpaired) electrons. The van der Waals surface area contributed by atoms with Gasteiger partial charge in [0.25, 0.3) is 5.56 Å². The van der Waals surface area contributed by atoms with Crippen molar-refractivity contribution in [2.75, 3.05) is 13.2 Å². The molecule has 5 nitrogen and oxygen atoms in total. The van der Waals surface area contributed by atoms with Crippen molar-refractivity contribution in [3.63, 3.8) is 0 Å². The predicted molar refractivity (Wildman–Crippen MR) is 104 cm³/mol. The monoisotopic (exact) mass is 418 g/mol. The number of benzene rings is 1. The molecule has 2 N–H and O–H groups in total. The Bertz CT molecular complexity index is 852. The van der Waals surface area contributed by atoms with Crippen LogP contribution in [0.2, 0.25) is 0 Å². The molecule has 2 heterocycles. The number of aryl methyl sites for hydroxylation is 2. The summed E-state index contributed by atoms with van der Waals surface area (Å²) in [5.41, 5.74) is 2.52. The number of amides is 1. The van der Waals surface area contributed by atoms with Crippen molar-refractivity contribution < 1.29 is 9.53 Å². The van der Waals surface area contributed by atoms with E-state index in [1.807, 2.05) is 44.2 Å². The van der Waals surface area contributed by atoms with E-state index >= 15 is 0 Å². The van der Waals surface area contributed by atoms with Crippen LogP contribution in [0.1, 0.15) is 35.2 Å². The van der Waals surface area contributed by atoms with E-state index in [0.717, 1.165) is 21.3 Å². The molecule has 1 fully saturated rings. The minimum atomic E-state index is -0.621. The zero-order valence-electron chi connectivity index (χ0n) is 15.0. The lowest BCUT2D eigenvalue weighted by Gasteiger charge is -2.36. The number of carbonyl (C=O) groups excluding carboxylic acids is 1. The van der Waals surface area contributed by atoms with E-state index in [0.29, 0.717) is 31.6 Å². The zero-order valence-corrected chi connectivity index (χ0v) is 16.6. The summed E-state index contributed by atoms with van der Waals surface area (Å²) in [4.78, 5) is 28.2. The number of pyridine rings is 1. The zero-order chi connectivity index (χ0) is 18.7. The topological polar surface area (TPSA) is 71.2 Å². The maximum absolute atomic E-state index is 13.2. The minimum absolute atomic E-state index is 0.0532. The molecule has 0 spiro atoms. The number of nitrogens with one attached hydrogen (secondary N) is 2. The van der Waals surface area contributed by atoms with E-state index in [2.05, 4.69) is 26.2 Å². The third-order valence-corrected chi connectivity index (χ3v) is 5.63. The number of carbonyl (C=O) groups is 1. The molecule has 2 aromatic rings. The first kappa shape index (κ1) is 18.9. The van der Waals surface area contributed by atoms with Crippen LogP contribution in [0.3, 0.4) is 0 Å². The van der Waals surface area contributed by atoms with Crippen LogP contribution in [0.25, 0.3) is 0 Å². The molecule has 0 atom stereocenters. The Hall–Kier alpha value is -1.92. The third-order valence-electron chi connectivity index (χ3n) is 5.10. The van der Waals surface area contributed by atoms with Crippen LogP contribution in [-0.4, -0.2) is 24.1 Å². The molecule has 3 rings (SSSR count). The van der Waals surface area contributed by atoms with Gasteiger partial charge in [-0.15, -0.1) is 0 Å². The summed E-state index contributed by atoms with van der Waals surface area (Å²) in [6, 6.07) is 9.79. The highest BCUT2D eigenvalue weighted by Crippen LogP contribution is 2.35. The summed E-state index contributed by atoms with van der Waals surface area (Å²) in [5.74, 6) is -0.0532. The quantitative estimate of drug-likeness (QED) is 0.800. The first-order valence-electron chi connectivity index (χ1n) is 8.74. The van der Waals surface area contributed by atoms with Gasteiger partial charge in [0.2, 0.25) is 5.91 Å². The first-order valence-corrected chi connectivity index (χ1v) is 9.53. The molecule has 1 aromatic heterocycles. The van der Waals surface area contributed by atoms with Crippen molar-refractivity contribution >= 4 is 21.8 Å². The van der Waals surface area contributed by atoms with Gasteiger partial charge < -0.3 is 15.0 Å². The molecule has 1 aliphatic rings. The summed E-state index contributed by atoms with van der Waals surface area (Å²) < 4.78 is 6.47. The molecule has 1 saturated heterocycles. The van der Waals surface area contributed by atoms with Crippen molar-refractivity contribution in [2.24, 2.45) is 0 Å². The number of hydrogen-bond acceptors (Lipinski definition) is 3. The van der Waals surface area contributed by atoms with Crippen LogP contribution in [0, 0.1) is 13.8 Å². The van der Waals surface area contributed by atoms with Crippen LogP contribution < -0.4 is 10.9 Å². The van der Waals surface area contributed by atoms with E-state index in [-0.39, 0.29) is 18.0 Å². The Labute approximate surface area is 161 Å². The van der Waals surface area contributed by atoms with E-state index < -0.39 is 5.41 Å². The van der Waals surface area contributed by atoms with Crippen LogP contribution in [-0.2, 0) is 21.5 Å². The van der Waals surface area contributed by atoms with Gasteiger partial charge in [0.05, 0.1) is 5.41 Å². The molecule has 0 aliphatic carbocycles. The maximum atomic E-state index is 13.2. The lowest BCUT2D eigenvalue weighted by atomic mass is 9.73. The fourth-order valence-corrected chi connectivity index (χ4v) is 3.84. The minimum Gasteiger partial charge on any atom is -0.381 e. The molecule has 26 heavy (non-hydrogen) atoms. The second-order valence-corrected chi connectivity index (χ2v) is 7.74. The van der Waals surface area contributed by atoms with Gasteiger partial charge in [0, 0.05) is 35.5 Å². The summed E-state index contributed by atoms with van der Waals surface area (Å²) in [5, 5.41) is 3.00. The number of H-pyrrole nitrogens is 1. The van der Waals surface area contributed by atoms with Gasteiger partial charge in [-0.3, -0.25) is 9.59 Å². The average Bonchev–Trinajstić information content (AvgIpc) is 2.61. The summed E-state index contributed by atoms with van der Waals surface area (Å²) in [7, 11) is 0. The van der Waals surface area contributed by atoms with Gasteiger partial charge >= 0.3 is 0 Å². The van der Waals surface area contributed by atoms with Gasteiger partial charge in [-0.2, -0.15) is 0 Å². The molecule has 1 amide bonds. The Kier molecular flexibility index (Phi) is 5.63. The molecule has 1 aliphatic heterocycles.